The summed E-state index contributed by atoms with van der Waals surface area (Å²) < 4.78 is 0. The molecular weight excluding hydrogens is 363 g/mol. The Morgan fingerprint density at radius 3 is 0.750 bits per heavy atom. The van der Waals surface area contributed by atoms with E-state index in [1.807, 2.05) is 0 Å². The molecule has 3 unspecified atom stereocenters. The average molecular weight is 381 g/mol. The van der Waals surface area contributed by atoms with Crippen LogP contribution in [0, 0.1) is 0 Å². The summed E-state index contributed by atoms with van der Waals surface area (Å²) in [6, 6.07) is 0. The number of nitrogens with two attached hydrogens (primary N) is 3. The van der Waals surface area contributed by atoms with E-state index in [-0.39, 0.29) is 108 Å². The van der Waals surface area contributed by atoms with Gasteiger partial charge in [-0.1, -0.05) is 0 Å². The number of carboxylic acids is 3. The van der Waals surface area contributed by atoms with Gasteiger partial charge in [0.1, 0.15) is 18.3 Å². The third-order valence-electron chi connectivity index (χ3n) is 1.49. The van der Waals surface area contributed by atoms with Gasteiger partial charge in [-0.2, -0.15) is 0 Å². The number of carbonyl (C=O) groups excluding carboxylic acids is 3. The van der Waals surface area contributed by atoms with Crippen LogP contribution in [-0.4, -0.2) is 71.2 Å². The van der Waals surface area contributed by atoms with Crippen LogP contribution in [0.4, 0.5) is 0 Å². The first kappa shape index (κ1) is 40.0. The molecule has 0 saturated carbocycles. The van der Waals surface area contributed by atoms with Gasteiger partial charge in [-0.25, -0.2) is 0 Å². The second kappa shape index (κ2) is 26.4. The molecule has 15 heteroatoms. The quantitative estimate of drug-likeness (QED) is 0.234. The van der Waals surface area contributed by atoms with Crippen LogP contribution in [0.15, 0.2) is 0 Å². The Kier molecular flexibility index (Phi) is 44.0. The number of hydrogen-bond acceptors (Lipinski definition) is 12. The van der Waals surface area contributed by atoms with Crippen LogP contribution in [0.2, 0.25) is 0 Å². The van der Waals surface area contributed by atoms with Crippen molar-refractivity contribution in [3.63, 3.8) is 0 Å². The summed E-state index contributed by atoms with van der Waals surface area (Å²) in [6.07, 6.45) is -4.54. The summed E-state index contributed by atoms with van der Waals surface area (Å²) in [7, 11) is 0. The molecule has 0 rings (SSSR count). The molecule has 12 nitrogen and oxygen atoms in total. The van der Waals surface area contributed by atoms with Crippen molar-refractivity contribution in [1.82, 2.24) is 0 Å². The van der Waals surface area contributed by atoms with Crippen molar-refractivity contribution in [1.29, 1.82) is 0 Å². The number of rotatable bonds is 6. The van der Waals surface area contributed by atoms with Gasteiger partial charge >= 0.3 is 88.7 Å². The molecule has 0 aliphatic carbocycles. The standard InChI is InChI=1S/3C3H7NO3.3Na/c3*4-1-2(5)3(6)7;;;/h3*2,5H,1,4H2,(H,6,7);;;/q;;;3*+1/p-3. The molecule has 0 radical (unpaired) electrons. The summed E-state index contributed by atoms with van der Waals surface area (Å²) in [5, 5.41) is 52.9. The van der Waals surface area contributed by atoms with E-state index in [2.05, 4.69) is 0 Å². The number of hydrogen-bond donors (Lipinski definition) is 6. The number of carboxylic acid groups (broad SMARTS) is 3. The van der Waals surface area contributed by atoms with Gasteiger partial charge in [0.05, 0.1) is 17.9 Å². The summed E-state index contributed by atoms with van der Waals surface area (Å²) in [5.41, 5.74) is 14.1. The predicted molar refractivity (Wildman–Crippen MR) is 60.2 cm³/mol. The molecule has 9 N–H and O–H groups in total. The Morgan fingerprint density at radius 1 is 0.625 bits per heavy atom. The van der Waals surface area contributed by atoms with Gasteiger partial charge in [0.25, 0.3) is 0 Å². The fraction of sp³-hybridized carbons (Fsp3) is 0.667. The van der Waals surface area contributed by atoms with Crippen LogP contribution >= 0.6 is 0 Å². The molecule has 0 aliphatic rings. The van der Waals surface area contributed by atoms with Gasteiger partial charge in [-0.05, 0) is 0 Å². The maximum Gasteiger partial charge on any atom is 1.00 e. The van der Waals surface area contributed by atoms with Gasteiger partial charge in [-0.15, -0.1) is 0 Å². The molecule has 0 aromatic rings. The summed E-state index contributed by atoms with van der Waals surface area (Å²) in [4.78, 5) is 28.5. The maximum atomic E-state index is 9.49. The van der Waals surface area contributed by atoms with E-state index in [1.165, 1.54) is 0 Å². The van der Waals surface area contributed by atoms with Crippen molar-refractivity contribution in [2.24, 2.45) is 17.2 Å². The minimum Gasteiger partial charge on any atom is -0.547 e. The minimum absolute atomic E-state index is 0. The average Bonchev–Trinajstić information content (AvgIpc) is 2.45. The maximum absolute atomic E-state index is 9.49. The second-order valence-electron chi connectivity index (χ2n) is 3.21. The third kappa shape index (κ3) is 31.0. The predicted octanol–water partition coefficient (Wildman–Crippen LogP) is -17.8. The molecule has 3 atom stereocenters. The molecule has 24 heavy (non-hydrogen) atoms. The van der Waals surface area contributed by atoms with Crippen molar-refractivity contribution in [2.75, 3.05) is 19.6 Å². The van der Waals surface area contributed by atoms with Crippen molar-refractivity contribution >= 4 is 17.9 Å². The van der Waals surface area contributed by atoms with E-state index in [4.69, 9.17) is 32.5 Å². The normalized spacial score (nSPS) is 11.8. The van der Waals surface area contributed by atoms with E-state index in [0.717, 1.165) is 0 Å². The van der Waals surface area contributed by atoms with Crippen LogP contribution in [0.1, 0.15) is 0 Å². The van der Waals surface area contributed by atoms with Crippen LogP contribution in [-0.2, 0) is 14.4 Å². The zero-order chi connectivity index (χ0) is 17.6. The van der Waals surface area contributed by atoms with Crippen LogP contribution in [0.3, 0.4) is 0 Å². The van der Waals surface area contributed by atoms with E-state index < -0.39 is 36.2 Å². The van der Waals surface area contributed by atoms with Gasteiger partial charge in [-0.3, -0.25) is 0 Å². The molecule has 126 valence electrons. The fourth-order valence-corrected chi connectivity index (χ4v) is 0.289. The van der Waals surface area contributed by atoms with Crippen LogP contribution < -0.4 is 121 Å². The minimum atomic E-state index is -1.53. The largest absolute Gasteiger partial charge is 1.00 e. The SMILES string of the molecule is NCC(O)C(=O)[O-].NCC(O)C(=O)[O-].NCC(O)C(=O)[O-].[Na+].[Na+].[Na+]. The van der Waals surface area contributed by atoms with E-state index in [9.17, 15) is 29.7 Å². The fourth-order valence-electron chi connectivity index (χ4n) is 0.289. The van der Waals surface area contributed by atoms with Gasteiger partial charge < -0.3 is 62.2 Å². The van der Waals surface area contributed by atoms with Crippen molar-refractivity contribution in [3.05, 3.63) is 0 Å². The topological polar surface area (TPSA) is 259 Å². The summed E-state index contributed by atoms with van der Waals surface area (Å²) in [6.45, 7) is -0.868. The molecule has 0 aromatic carbocycles. The molecule has 0 heterocycles. The number of carbonyl (C=O) groups is 3. The van der Waals surface area contributed by atoms with E-state index in [1.54, 1.807) is 0 Å². The zero-order valence-electron chi connectivity index (χ0n) is 13.9. The second-order valence-corrected chi connectivity index (χ2v) is 3.21. The van der Waals surface area contributed by atoms with Crippen molar-refractivity contribution in [3.8, 4) is 0 Å². The molecule has 0 saturated heterocycles. The van der Waals surface area contributed by atoms with Crippen LogP contribution in [0.5, 0.6) is 0 Å². The summed E-state index contributed by atoms with van der Waals surface area (Å²) in [5.74, 6) is -4.58. The summed E-state index contributed by atoms with van der Waals surface area (Å²) >= 11 is 0. The van der Waals surface area contributed by atoms with Gasteiger partial charge in [0.15, 0.2) is 0 Å². The number of aliphatic hydroxyl groups is 3. The smallest absolute Gasteiger partial charge is 0.547 e. The molecule has 0 fully saturated rings. The van der Waals surface area contributed by atoms with Crippen molar-refractivity contribution in [2.45, 2.75) is 18.3 Å². The molecule has 0 spiro atoms. The van der Waals surface area contributed by atoms with Gasteiger partial charge in [0, 0.05) is 19.6 Å². The molecule has 0 aliphatic heterocycles. The molecule has 0 bridgehead atoms. The first-order chi connectivity index (χ1) is 9.54. The molecule has 0 aromatic heterocycles. The Bertz CT molecular complexity index is 278. The van der Waals surface area contributed by atoms with Crippen LogP contribution in [0.25, 0.3) is 0 Å². The first-order valence-electron chi connectivity index (χ1n) is 5.31. The van der Waals surface area contributed by atoms with Gasteiger partial charge in [0.2, 0.25) is 0 Å². The van der Waals surface area contributed by atoms with E-state index in [0.29, 0.717) is 0 Å². The number of aliphatic carboxylic acids is 3. The molecule has 0 amide bonds. The first-order valence-corrected chi connectivity index (χ1v) is 5.31. The Balaban J connectivity index is -0.0000000476. The zero-order valence-corrected chi connectivity index (χ0v) is 19.9. The third-order valence-corrected chi connectivity index (χ3v) is 1.49. The Hall–Kier alpha value is 1.17. The number of aliphatic hydroxyl groups excluding tert-OH is 3. The Morgan fingerprint density at radius 2 is 0.750 bits per heavy atom. The molecular formula is C9H18N3Na3O9. The Labute approximate surface area is 204 Å². The van der Waals surface area contributed by atoms with E-state index >= 15 is 0 Å². The monoisotopic (exact) mass is 381 g/mol. The van der Waals surface area contributed by atoms with Crippen molar-refractivity contribution < 1.29 is 134 Å².